The fourth-order valence-electron chi connectivity index (χ4n) is 1.66. The minimum Gasteiger partial charge on any atom is -0.359 e. The van der Waals surface area contributed by atoms with Gasteiger partial charge in [0.2, 0.25) is 5.82 Å². The smallest absolute Gasteiger partial charge is 0.312 e. The fraction of sp³-hybridized carbons (Fsp3) is 0.154. The normalized spacial score (nSPS) is 9.80. The average molecular weight is 269 g/mol. The van der Waals surface area contributed by atoms with E-state index in [-0.39, 0.29) is 17.1 Å². The summed E-state index contributed by atoms with van der Waals surface area (Å²) in [5.74, 6) is 0.123. The fourth-order valence-corrected chi connectivity index (χ4v) is 1.66. The molecule has 0 aliphatic rings. The number of anilines is 1. The number of nitro groups is 1. The van der Waals surface area contributed by atoms with Gasteiger partial charge in [0.05, 0.1) is 22.7 Å². The summed E-state index contributed by atoms with van der Waals surface area (Å²) in [7, 11) is 0. The highest BCUT2D eigenvalue weighted by molar-refractivity contribution is 5.58. The molecule has 0 bridgehead atoms. The van der Waals surface area contributed by atoms with Crippen LogP contribution in [-0.4, -0.2) is 14.9 Å². The first-order chi connectivity index (χ1) is 9.60. The molecule has 2 rings (SSSR count). The molecule has 0 saturated carbocycles. The number of pyridine rings is 2. The molecule has 7 heteroatoms. The molecule has 0 unspecified atom stereocenters. The van der Waals surface area contributed by atoms with Gasteiger partial charge in [0, 0.05) is 18.0 Å². The van der Waals surface area contributed by atoms with Gasteiger partial charge < -0.3 is 5.32 Å². The van der Waals surface area contributed by atoms with Crippen molar-refractivity contribution in [3.63, 3.8) is 0 Å². The van der Waals surface area contributed by atoms with Crippen molar-refractivity contribution in [2.24, 2.45) is 0 Å². The Hall–Kier alpha value is -3.01. The average Bonchev–Trinajstić information content (AvgIpc) is 2.45. The maximum atomic E-state index is 11.0. The zero-order valence-electron chi connectivity index (χ0n) is 10.7. The molecule has 0 amide bonds. The van der Waals surface area contributed by atoms with E-state index in [0.717, 1.165) is 11.4 Å². The maximum Gasteiger partial charge on any atom is 0.312 e. The van der Waals surface area contributed by atoms with Gasteiger partial charge in [0.1, 0.15) is 6.07 Å². The van der Waals surface area contributed by atoms with Crippen molar-refractivity contribution >= 4 is 11.5 Å². The number of hydrogen-bond donors (Lipinski definition) is 1. The van der Waals surface area contributed by atoms with Gasteiger partial charge in [-0.15, -0.1) is 0 Å². The molecule has 0 atom stereocenters. The molecule has 0 aliphatic heterocycles. The summed E-state index contributed by atoms with van der Waals surface area (Å²) in [6.45, 7) is 2.19. The van der Waals surface area contributed by atoms with Crippen LogP contribution >= 0.6 is 0 Å². The summed E-state index contributed by atoms with van der Waals surface area (Å²) in [5.41, 5.74) is 1.55. The Kier molecular flexibility index (Phi) is 3.86. The molecule has 0 aliphatic carbocycles. The third-order valence-corrected chi connectivity index (χ3v) is 2.58. The molecule has 0 radical (unpaired) electrons. The van der Waals surface area contributed by atoms with E-state index in [1.807, 2.05) is 31.2 Å². The van der Waals surface area contributed by atoms with E-state index < -0.39 is 4.92 Å². The molecule has 2 aromatic heterocycles. The monoisotopic (exact) mass is 269 g/mol. The minimum absolute atomic E-state index is 0.123. The summed E-state index contributed by atoms with van der Waals surface area (Å²) < 4.78 is 0. The van der Waals surface area contributed by atoms with Crippen LogP contribution in [0.3, 0.4) is 0 Å². The second-order valence-electron chi connectivity index (χ2n) is 4.08. The lowest BCUT2D eigenvalue weighted by Crippen LogP contribution is -2.06. The third-order valence-electron chi connectivity index (χ3n) is 2.58. The van der Waals surface area contributed by atoms with E-state index >= 15 is 0 Å². The van der Waals surface area contributed by atoms with E-state index in [1.54, 1.807) is 0 Å². The topological polar surface area (TPSA) is 105 Å². The lowest BCUT2D eigenvalue weighted by atomic mass is 10.2. The van der Waals surface area contributed by atoms with Gasteiger partial charge >= 0.3 is 5.69 Å². The quantitative estimate of drug-likeness (QED) is 0.673. The SMILES string of the molecule is Cc1cccc(CNc2ncc(C#N)cc2[N+](=O)[O-])n1. The van der Waals surface area contributed by atoms with Crippen molar-refractivity contribution in [1.29, 1.82) is 5.26 Å². The van der Waals surface area contributed by atoms with E-state index in [2.05, 4.69) is 15.3 Å². The Labute approximate surface area is 115 Å². The number of aromatic nitrogens is 2. The van der Waals surface area contributed by atoms with E-state index in [0.29, 0.717) is 6.54 Å². The van der Waals surface area contributed by atoms with Crippen molar-refractivity contribution in [3.05, 3.63) is 57.5 Å². The van der Waals surface area contributed by atoms with Crippen LogP contribution in [0, 0.1) is 28.4 Å². The third kappa shape index (κ3) is 3.05. The van der Waals surface area contributed by atoms with Crippen LogP contribution in [-0.2, 0) is 6.54 Å². The van der Waals surface area contributed by atoms with Crippen molar-refractivity contribution in [3.8, 4) is 6.07 Å². The Morgan fingerprint density at radius 2 is 2.30 bits per heavy atom. The Balaban J connectivity index is 2.21. The first-order valence-electron chi connectivity index (χ1n) is 5.81. The summed E-state index contributed by atoms with van der Waals surface area (Å²) in [4.78, 5) is 18.6. The van der Waals surface area contributed by atoms with Gasteiger partial charge in [-0.1, -0.05) is 6.07 Å². The number of rotatable bonds is 4. The van der Waals surface area contributed by atoms with Crippen LogP contribution in [0.5, 0.6) is 0 Å². The Morgan fingerprint density at radius 3 is 2.95 bits per heavy atom. The summed E-state index contributed by atoms with van der Waals surface area (Å²) in [6, 6.07) is 8.56. The minimum atomic E-state index is -0.570. The molecule has 7 nitrogen and oxygen atoms in total. The van der Waals surface area contributed by atoms with Crippen molar-refractivity contribution in [2.75, 3.05) is 5.32 Å². The Morgan fingerprint density at radius 1 is 1.50 bits per heavy atom. The maximum absolute atomic E-state index is 11.0. The van der Waals surface area contributed by atoms with Gasteiger partial charge in [0.15, 0.2) is 0 Å². The van der Waals surface area contributed by atoms with Gasteiger partial charge in [-0.25, -0.2) is 4.98 Å². The largest absolute Gasteiger partial charge is 0.359 e. The molecule has 0 aromatic carbocycles. The molecule has 1 N–H and O–H groups in total. The second-order valence-corrected chi connectivity index (χ2v) is 4.08. The highest BCUT2D eigenvalue weighted by Crippen LogP contribution is 2.22. The Bertz CT molecular complexity index is 693. The van der Waals surface area contributed by atoms with E-state index in [9.17, 15) is 10.1 Å². The molecular weight excluding hydrogens is 258 g/mol. The van der Waals surface area contributed by atoms with Gasteiger partial charge in [-0.3, -0.25) is 15.1 Å². The van der Waals surface area contributed by atoms with Crippen molar-refractivity contribution in [1.82, 2.24) is 9.97 Å². The zero-order chi connectivity index (χ0) is 14.5. The molecular formula is C13H11N5O2. The number of nitrogens with zero attached hydrogens (tertiary/aromatic N) is 4. The van der Waals surface area contributed by atoms with Crippen LogP contribution in [0.2, 0.25) is 0 Å². The van der Waals surface area contributed by atoms with Crippen LogP contribution in [0.4, 0.5) is 11.5 Å². The predicted octanol–water partition coefficient (Wildman–Crippen LogP) is 2.18. The molecule has 100 valence electrons. The number of hydrogen-bond acceptors (Lipinski definition) is 6. The summed E-state index contributed by atoms with van der Waals surface area (Å²) in [5, 5.41) is 22.6. The van der Waals surface area contributed by atoms with Crippen LogP contribution in [0.25, 0.3) is 0 Å². The van der Waals surface area contributed by atoms with Crippen LogP contribution in [0.1, 0.15) is 17.0 Å². The molecule has 0 fully saturated rings. The second kappa shape index (κ2) is 5.75. The standard InChI is InChI=1S/C13H11N5O2/c1-9-3-2-4-11(17-9)8-16-13-12(18(19)20)5-10(6-14)7-15-13/h2-5,7H,8H2,1H3,(H,15,16). The predicted molar refractivity (Wildman–Crippen MR) is 71.9 cm³/mol. The summed E-state index contributed by atoms with van der Waals surface area (Å²) in [6.07, 6.45) is 1.29. The molecule has 0 saturated heterocycles. The highest BCUT2D eigenvalue weighted by Gasteiger charge is 2.16. The molecule has 2 heterocycles. The molecule has 20 heavy (non-hydrogen) atoms. The number of nitriles is 1. The zero-order valence-corrected chi connectivity index (χ0v) is 10.7. The highest BCUT2D eigenvalue weighted by atomic mass is 16.6. The number of nitrogens with one attached hydrogen (secondary N) is 1. The summed E-state index contributed by atoms with van der Waals surface area (Å²) >= 11 is 0. The van der Waals surface area contributed by atoms with Gasteiger partial charge in [0.25, 0.3) is 0 Å². The lowest BCUT2D eigenvalue weighted by molar-refractivity contribution is -0.384. The lowest BCUT2D eigenvalue weighted by Gasteiger charge is -2.06. The first-order valence-corrected chi connectivity index (χ1v) is 5.81. The van der Waals surface area contributed by atoms with Gasteiger partial charge in [-0.05, 0) is 19.1 Å². The first kappa shape index (κ1) is 13.4. The van der Waals surface area contributed by atoms with Crippen LogP contribution in [0.15, 0.2) is 30.5 Å². The van der Waals surface area contributed by atoms with Crippen molar-refractivity contribution in [2.45, 2.75) is 13.5 Å². The van der Waals surface area contributed by atoms with Crippen LogP contribution < -0.4 is 5.32 Å². The number of aryl methyl sites for hydroxylation is 1. The van der Waals surface area contributed by atoms with E-state index in [4.69, 9.17) is 5.26 Å². The van der Waals surface area contributed by atoms with Crippen molar-refractivity contribution < 1.29 is 4.92 Å². The van der Waals surface area contributed by atoms with Gasteiger partial charge in [-0.2, -0.15) is 5.26 Å². The molecule has 0 spiro atoms. The molecule has 2 aromatic rings. The van der Waals surface area contributed by atoms with E-state index in [1.165, 1.54) is 12.3 Å².